The Balaban J connectivity index is 2.43. The van der Waals surface area contributed by atoms with Gasteiger partial charge >= 0.3 is 5.63 Å². The molecule has 2 aromatic carbocycles. The normalized spacial score (nSPS) is 11.9. The molecule has 4 heteroatoms. The van der Waals surface area contributed by atoms with E-state index in [-0.39, 0.29) is 10.6 Å². The van der Waals surface area contributed by atoms with Crippen LogP contribution < -0.4 is 5.63 Å². The van der Waals surface area contributed by atoms with Crippen molar-refractivity contribution in [3.8, 4) is 0 Å². The minimum Gasteiger partial charge on any atom is -0.422 e. The molecule has 0 saturated carbocycles. The van der Waals surface area contributed by atoms with Crippen molar-refractivity contribution < 1.29 is 9.21 Å². The molecule has 3 aromatic rings. The number of hydrogen-bond acceptors (Lipinski definition) is 3. The summed E-state index contributed by atoms with van der Waals surface area (Å²) in [6.07, 6.45) is 1.67. The summed E-state index contributed by atoms with van der Waals surface area (Å²) in [6.45, 7) is 0. The van der Waals surface area contributed by atoms with Crippen molar-refractivity contribution in [1.29, 1.82) is 0 Å². The highest BCUT2D eigenvalue weighted by atomic mass is 35.5. The summed E-state index contributed by atoms with van der Waals surface area (Å²) in [7, 11) is 0. The fourth-order valence-electron chi connectivity index (χ4n) is 2.19. The maximum absolute atomic E-state index is 11.9. The Bertz CT molecular complexity index is 906. The first-order valence-electron chi connectivity index (χ1n) is 5.97. The highest BCUT2D eigenvalue weighted by molar-refractivity contribution is 6.49. The highest BCUT2D eigenvalue weighted by Gasteiger charge is 2.10. The number of carbonyl (C=O) groups excluding carboxylic acids is 1. The van der Waals surface area contributed by atoms with Gasteiger partial charge in [0, 0.05) is 5.39 Å². The lowest BCUT2D eigenvalue weighted by Crippen LogP contribution is -2.04. The quantitative estimate of drug-likeness (QED) is 0.312. The SMILES string of the molecule is O=CC=C(Cl)c1cc2c(ccc3ccccc32)oc1=O. The van der Waals surface area contributed by atoms with E-state index in [4.69, 9.17) is 16.0 Å². The summed E-state index contributed by atoms with van der Waals surface area (Å²) in [5.74, 6) is 0. The third kappa shape index (κ3) is 2.02. The number of rotatable bonds is 2. The molecule has 0 atom stereocenters. The van der Waals surface area contributed by atoms with Crippen molar-refractivity contribution in [2.24, 2.45) is 0 Å². The number of carbonyl (C=O) groups is 1. The number of fused-ring (bicyclic) bond motifs is 3. The van der Waals surface area contributed by atoms with Gasteiger partial charge in [-0.25, -0.2) is 4.79 Å². The topological polar surface area (TPSA) is 47.3 Å². The van der Waals surface area contributed by atoms with Gasteiger partial charge in [-0.15, -0.1) is 0 Å². The molecule has 0 bridgehead atoms. The second-order valence-electron chi connectivity index (χ2n) is 4.30. The van der Waals surface area contributed by atoms with Gasteiger partial charge in [0.25, 0.3) is 0 Å². The van der Waals surface area contributed by atoms with Crippen LogP contribution in [0.3, 0.4) is 0 Å². The van der Waals surface area contributed by atoms with Crippen LogP contribution in [0, 0.1) is 0 Å². The zero-order valence-electron chi connectivity index (χ0n) is 10.3. The lowest BCUT2D eigenvalue weighted by atomic mass is 10.0. The van der Waals surface area contributed by atoms with Crippen LogP contribution in [-0.2, 0) is 4.79 Å². The maximum Gasteiger partial charge on any atom is 0.345 e. The van der Waals surface area contributed by atoms with E-state index in [2.05, 4.69) is 0 Å². The summed E-state index contributed by atoms with van der Waals surface area (Å²) in [5, 5.41) is 2.86. The summed E-state index contributed by atoms with van der Waals surface area (Å²) < 4.78 is 5.27. The van der Waals surface area contributed by atoms with Crippen LogP contribution in [0.5, 0.6) is 0 Å². The zero-order chi connectivity index (χ0) is 14.1. The Hall–Kier alpha value is -2.39. The molecule has 0 unspecified atom stereocenters. The van der Waals surface area contributed by atoms with E-state index in [1.165, 1.54) is 0 Å². The van der Waals surface area contributed by atoms with Crippen molar-refractivity contribution in [1.82, 2.24) is 0 Å². The summed E-state index contributed by atoms with van der Waals surface area (Å²) >= 11 is 5.93. The first kappa shape index (κ1) is 12.6. The molecule has 0 amide bonds. The highest BCUT2D eigenvalue weighted by Crippen LogP contribution is 2.27. The molecule has 0 aliphatic heterocycles. The molecule has 0 spiro atoms. The number of hydrogen-bond donors (Lipinski definition) is 0. The fraction of sp³-hybridized carbons (Fsp3) is 0. The van der Waals surface area contributed by atoms with Gasteiger partial charge in [-0.3, -0.25) is 4.79 Å². The van der Waals surface area contributed by atoms with Gasteiger partial charge < -0.3 is 4.42 Å². The smallest absolute Gasteiger partial charge is 0.345 e. The predicted octanol–water partition coefficient (Wildman–Crippen LogP) is 3.72. The third-order valence-corrected chi connectivity index (χ3v) is 3.44. The van der Waals surface area contributed by atoms with E-state index in [0.29, 0.717) is 11.9 Å². The van der Waals surface area contributed by atoms with Gasteiger partial charge in [-0.05, 0) is 29.0 Å². The van der Waals surface area contributed by atoms with Gasteiger partial charge in [-0.1, -0.05) is 41.9 Å². The van der Waals surface area contributed by atoms with Crippen molar-refractivity contribution >= 4 is 44.7 Å². The first-order valence-corrected chi connectivity index (χ1v) is 6.35. The van der Waals surface area contributed by atoms with E-state index in [1.54, 1.807) is 12.1 Å². The number of halogens is 1. The average molecular weight is 285 g/mol. The Labute approximate surface area is 119 Å². The van der Waals surface area contributed by atoms with Crippen LogP contribution in [-0.4, -0.2) is 6.29 Å². The number of aldehydes is 1. The number of allylic oxidation sites excluding steroid dienone is 1. The molecule has 1 heterocycles. The van der Waals surface area contributed by atoms with Gasteiger partial charge in [0.2, 0.25) is 0 Å². The van der Waals surface area contributed by atoms with Gasteiger partial charge in [0.1, 0.15) is 11.9 Å². The van der Waals surface area contributed by atoms with Crippen LogP contribution in [0.4, 0.5) is 0 Å². The first-order chi connectivity index (χ1) is 9.70. The van der Waals surface area contributed by atoms with Crippen molar-refractivity contribution in [2.75, 3.05) is 0 Å². The molecule has 3 rings (SSSR count). The summed E-state index contributed by atoms with van der Waals surface area (Å²) in [4.78, 5) is 22.4. The summed E-state index contributed by atoms with van der Waals surface area (Å²) in [5.41, 5.74) is 0.117. The zero-order valence-corrected chi connectivity index (χ0v) is 11.1. The summed E-state index contributed by atoms with van der Waals surface area (Å²) in [6, 6.07) is 13.1. The molecule has 3 nitrogen and oxygen atoms in total. The number of benzene rings is 2. The Kier molecular flexibility index (Phi) is 3.12. The molecular weight excluding hydrogens is 276 g/mol. The molecule has 98 valence electrons. The Morgan fingerprint density at radius 3 is 2.70 bits per heavy atom. The van der Waals surface area contributed by atoms with Gasteiger partial charge in [0.15, 0.2) is 0 Å². The molecular formula is C16H9ClO3. The minimum absolute atomic E-state index is 0.0728. The van der Waals surface area contributed by atoms with E-state index < -0.39 is 5.63 Å². The minimum atomic E-state index is -0.559. The molecule has 0 aliphatic rings. The second kappa shape index (κ2) is 4.94. The van der Waals surface area contributed by atoms with Gasteiger partial charge in [-0.2, -0.15) is 0 Å². The van der Waals surface area contributed by atoms with E-state index in [9.17, 15) is 9.59 Å². The van der Waals surface area contributed by atoms with Crippen LogP contribution in [0.2, 0.25) is 0 Å². The van der Waals surface area contributed by atoms with E-state index in [1.807, 2.05) is 30.3 Å². The molecule has 0 radical (unpaired) electrons. The maximum atomic E-state index is 11.9. The van der Waals surface area contributed by atoms with Crippen molar-refractivity contribution in [3.05, 3.63) is 64.5 Å². The monoisotopic (exact) mass is 284 g/mol. The second-order valence-corrected chi connectivity index (χ2v) is 4.70. The lowest BCUT2D eigenvalue weighted by Gasteiger charge is -2.04. The van der Waals surface area contributed by atoms with Crippen LogP contribution >= 0.6 is 11.6 Å². The van der Waals surface area contributed by atoms with Crippen LogP contribution in [0.25, 0.3) is 26.8 Å². The largest absolute Gasteiger partial charge is 0.422 e. The fourth-order valence-corrected chi connectivity index (χ4v) is 2.37. The predicted molar refractivity (Wildman–Crippen MR) is 79.9 cm³/mol. The standard InChI is InChI=1S/C16H9ClO3/c17-14(7-8-18)13-9-12-11-4-2-1-3-10(11)5-6-15(12)20-16(13)19/h1-9H. The molecule has 0 fully saturated rings. The van der Waals surface area contributed by atoms with Crippen LogP contribution in [0.1, 0.15) is 5.56 Å². The average Bonchev–Trinajstić information content (AvgIpc) is 2.46. The van der Waals surface area contributed by atoms with Crippen LogP contribution in [0.15, 0.2) is 57.8 Å². The van der Waals surface area contributed by atoms with Gasteiger partial charge in [0.05, 0.1) is 10.6 Å². The third-order valence-electron chi connectivity index (χ3n) is 3.11. The van der Waals surface area contributed by atoms with Crippen molar-refractivity contribution in [3.63, 3.8) is 0 Å². The molecule has 0 N–H and O–H groups in total. The van der Waals surface area contributed by atoms with Crippen molar-refractivity contribution in [2.45, 2.75) is 0 Å². The molecule has 20 heavy (non-hydrogen) atoms. The Morgan fingerprint density at radius 2 is 1.90 bits per heavy atom. The Morgan fingerprint density at radius 1 is 1.10 bits per heavy atom. The molecule has 1 aromatic heterocycles. The molecule has 0 aliphatic carbocycles. The van der Waals surface area contributed by atoms with E-state index in [0.717, 1.165) is 22.2 Å². The van der Waals surface area contributed by atoms with E-state index >= 15 is 0 Å². The lowest BCUT2D eigenvalue weighted by molar-refractivity contribution is -0.104. The molecule has 0 saturated heterocycles.